The molecule has 0 fully saturated rings. The monoisotopic (exact) mass is 389 g/mol. The van der Waals surface area contributed by atoms with Crippen molar-refractivity contribution in [3.63, 3.8) is 0 Å². The Kier molecular flexibility index (Phi) is 4.62. The fraction of sp³-hybridized carbons (Fsp3) is 0.389. The molecule has 0 atom stereocenters. The Hall–Kier alpha value is -2.06. The molecular formula is C18H19N3O3S2. The number of ether oxygens (including phenoxy) is 1. The number of hydrogen-bond donors (Lipinski definition) is 1. The molecule has 0 aliphatic heterocycles. The maximum atomic E-state index is 11.7. The second-order valence-electron chi connectivity index (χ2n) is 6.25. The number of thioether (sulfide) groups is 1. The zero-order valence-electron chi connectivity index (χ0n) is 14.6. The number of rotatable bonds is 4. The summed E-state index contributed by atoms with van der Waals surface area (Å²) in [6.07, 6.45) is 4.61. The topological polar surface area (TPSA) is 91.2 Å². The highest BCUT2D eigenvalue weighted by Crippen LogP contribution is 2.38. The highest BCUT2D eigenvalue weighted by atomic mass is 32.2. The van der Waals surface area contributed by atoms with Gasteiger partial charge in [-0.2, -0.15) is 0 Å². The van der Waals surface area contributed by atoms with Gasteiger partial charge in [0.05, 0.1) is 18.2 Å². The lowest BCUT2D eigenvalue weighted by Gasteiger charge is -2.10. The second kappa shape index (κ2) is 6.92. The number of thiophene rings is 1. The number of nitrogen functional groups attached to an aromatic ring is 1. The summed E-state index contributed by atoms with van der Waals surface area (Å²) in [4.78, 5) is 23.2. The van der Waals surface area contributed by atoms with E-state index in [9.17, 15) is 4.79 Å². The van der Waals surface area contributed by atoms with Crippen molar-refractivity contribution in [3.05, 3.63) is 33.6 Å². The lowest BCUT2D eigenvalue weighted by atomic mass is 9.97. The summed E-state index contributed by atoms with van der Waals surface area (Å²) in [5, 5.41) is 1.66. The number of furan rings is 1. The molecule has 26 heavy (non-hydrogen) atoms. The molecule has 1 aliphatic carbocycles. The van der Waals surface area contributed by atoms with Crippen LogP contribution in [0, 0.1) is 6.92 Å². The van der Waals surface area contributed by atoms with Crippen LogP contribution >= 0.6 is 23.1 Å². The Balaban J connectivity index is 1.57. The van der Waals surface area contributed by atoms with Gasteiger partial charge in [0.1, 0.15) is 27.7 Å². The van der Waals surface area contributed by atoms with Gasteiger partial charge >= 0.3 is 5.97 Å². The summed E-state index contributed by atoms with van der Waals surface area (Å²) >= 11 is 3.18. The first-order chi connectivity index (χ1) is 12.6. The molecule has 1 aliphatic rings. The van der Waals surface area contributed by atoms with Crippen molar-refractivity contribution >= 4 is 45.1 Å². The average molecular weight is 390 g/mol. The summed E-state index contributed by atoms with van der Waals surface area (Å²) in [5.41, 5.74) is 8.03. The third-order valence-corrected chi connectivity index (χ3v) is 6.60. The Bertz CT molecular complexity index is 993. The van der Waals surface area contributed by atoms with E-state index >= 15 is 0 Å². The minimum atomic E-state index is -0.395. The highest BCUT2D eigenvalue weighted by Gasteiger charge is 2.21. The number of anilines is 1. The second-order valence-corrected chi connectivity index (χ2v) is 8.27. The molecule has 0 bridgehead atoms. The van der Waals surface area contributed by atoms with Gasteiger partial charge in [-0.05, 0) is 44.2 Å². The van der Waals surface area contributed by atoms with E-state index in [0.29, 0.717) is 33.8 Å². The van der Waals surface area contributed by atoms with Crippen LogP contribution in [0.3, 0.4) is 0 Å². The molecule has 136 valence electrons. The van der Waals surface area contributed by atoms with Crippen LogP contribution in [0.15, 0.2) is 15.6 Å². The van der Waals surface area contributed by atoms with Gasteiger partial charge in [-0.15, -0.1) is 11.3 Å². The third-order valence-electron chi connectivity index (χ3n) is 4.54. The predicted molar refractivity (Wildman–Crippen MR) is 103 cm³/mol. The molecule has 0 spiro atoms. The van der Waals surface area contributed by atoms with E-state index in [1.54, 1.807) is 24.3 Å². The van der Waals surface area contributed by atoms with E-state index in [0.717, 1.165) is 23.1 Å². The van der Waals surface area contributed by atoms with Crippen LogP contribution < -0.4 is 5.73 Å². The number of nitrogens with two attached hydrogens (primary N) is 1. The number of carbonyl (C=O) groups is 1. The molecule has 3 heterocycles. The maximum absolute atomic E-state index is 11.7. The molecular weight excluding hydrogens is 370 g/mol. The summed E-state index contributed by atoms with van der Waals surface area (Å²) in [6, 6.07) is 1.71. The number of carbonyl (C=O) groups excluding carboxylic acids is 1. The van der Waals surface area contributed by atoms with E-state index in [1.807, 2.05) is 0 Å². The summed E-state index contributed by atoms with van der Waals surface area (Å²) in [7, 11) is 1.36. The minimum Gasteiger partial charge on any atom is -0.465 e. The summed E-state index contributed by atoms with van der Waals surface area (Å²) in [5.74, 6) is 1.92. The molecule has 8 heteroatoms. The van der Waals surface area contributed by atoms with E-state index < -0.39 is 5.97 Å². The molecule has 3 aromatic rings. The van der Waals surface area contributed by atoms with E-state index in [1.165, 1.54) is 42.2 Å². The zero-order chi connectivity index (χ0) is 18.3. The first kappa shape index (κ1) is 17.4. The molecule has 0 radical (unpaired) electrons. The molecule has 0 unspecified atom stereocenters. The lowest BCUT2D eigenvalue weighted by Crippen LogP contribution is -2.01. The standard InChI is InChI=1S/C18H19N3O3S2/c1-9-12(17(22)23-2)7-10(24-9)8-25-18-20-15(19)14-11-5-3-4-6-13(11)26-16(14)21-18/h7H,3-6,8H2,1-2H3,(H2,19,20,21). The van der Waals surface area contributed by atoms with Gasteiger partial charge < -0.3 is 14.9 Å². The Morgan fingerprint density at radius 2 is 2.19 bits per heavy atom. The largest absolute Gasteiger partial charge is 0.465 e. The maximum Gasteiger partial charge on any atom is 0.341 e. The van der Waals surface area contributed by atoms with E-state index in [-0.39, 0.29) is 0 Å². The van der Waals surface area contributed by atoms with Gasteiger partial charge in [0.2, 0.25) is 0 Å². The summed E-state index contributed by atoms with van der Waals surface area (Å²) < 4.78 is 10.4. The Labute approximate surface area is 159 Å². The van der Waals surface area contributed by atoms with Crippen LogP contribution in [0.1, 0.15) is 45.2 Å². The van der Waals surface area contributed by atoms with Crippen molar-refractivity contribution in [2.75, 3.05) is 12.8 Å². The number of esters is 1. The summed E-state index contributed by atoms with van der Waals surface area (Å²) in [6.45, 7) is 1.75. The Morgan fingerprint density at radius 1 is 1.38 bits per heavy atom. The fourth-order valence-corrected chi connectivity index (χ4v) is 5.35. The average Bonchev–Trinajstić information content (AvgIpc) is 3.19. The van der Waals surface area contributed by atoms with Gasteiger partial charge in [-0.3, -0.25) is 0 Å². The van der Waals surface area contributed by atoms with Gasteiger partial charge in [-0.25, -0.2) is 14.8 Å². The number of methoxy groups -OCH3 is 1. The quantitative estimate of drug-likeness (QED) is 0.407. The zero-order valence-corrected chi connectivity index (χ0v) is 16.3. The van der Waals surface area contributed by atoms with Crippen LogP contribution in [0.25, 0.3) is 10.2 Å². The van der Waals surface area contributed by atoms with Crippen LogP contribution in [0.5, 0.6) is 0 Å². The smallest absolute Gasteiger partial charge is 0.341 e. The first-order valence-electron chi connectivity index (χ1n) is 8.45. The molecule has 0 amide bonds. The highest BCUT2D eigenvalue weighted by molar-refractivity contribution is 7.98. The molecule has 0 saturated heterocycles. The number of fused-ring (bicyclic) bond motifs is 3. The normalized spacial score (nSPS) is 13.8. The SMILES string of the molecule is COC(=O)c1cc(CSc2nc(N)c3c4c(sc3n2)CCCC4)oc1C. The van der Waals surface area contributed by atoms with Gasteiger partial charge in [0.25, 0.3) is 0 Å². The molecule has 6 nitrogen and oxygen atoms in total. The van der Waals surface area contributed by atoms with Crippen LogP contribution in [0.4, 0.5) is 5.82 Å². The molecule has 2 N–H and O–H groups in total. The number of nitrogens with zero attached hydrogens (tertiary/aromatic N) is 2. The van der Waals surface area contributed by atoms with Crippen molar-refractivity contribution in [3.8, 4) is 0 Å². The van der Waals surface area contributed by atoms with Gasteiger partial charge in [-0.1, -0.05) is 11.8 Å². The van der Waals surface area contributed by atoms with Gasteiger partial charge in [0, 0.05) is 4.88 Å². The van der Waals surface area contributed by atoms with Crippen molar-refractivity contribution in [1.29, 1.82) is 0 Å². The molecule has 3 aromatic heterocycles. The van der Waals surface area contributed by atoms with Crippen molar-refractivity contribution in [2.45, 2.75) is 43.5 Å². The Morgan fingerprint density at radius 3 is 3.00 bits per heavy atom. The van der Waals surface area contributed by atoms with Crippen molar-refractivity contribution in [2.24, 2.45) is 0 Å². The van der Waals surface area contributed by atoms with E-state index in [2.05, 4.69) is 4.98 Å². The van der Waals surface area contributed by atoms with Crippen LogP contribution in [0.2, 0.25) is 0 Å². The third kappa shape index (κ3) is 3.07. The van der Waals surface area contributed by atoms with E-state index in [4.69, 9.17) is 19.9 Å². The number of hydrogen-bond acceptors (Lipinski definition) is 8. The molecule has 0 saturated carbocycles. The van der Waals surface area contributed by atoms with Crippen molar-refractivity contribution in [1.82, 2.24) is 9.97 Å². The number of aryl methyl sites for hydroxylation is 3. The molecule has 4 rings (SSSR count). The van der Waals surface area contributed by atoms with Crippen molar-refractivity contribution < 1.29 is 13.9 Å². The number of aromatic nitrogens is 2. The minimum absolute atomic E-state index is 0.395. The van der Waals surface area contributed by atoms with Crippen LogP contribution in [-0.4, -0.2) is 23.0 Å². The van der Waals surface area contributed by atoms with Crippen LogP contribution in [-0.2, 0) is 23.3 Å². The molecule has 0 aromatic carbocycles. The fourth-order valence-electron chi connectivity index (χ4n) is 3.29. The predicted octanol–water partition coefficient (Wildman–Crippen LogP) is 4.13. The lowest BCUT2D eigenvalue weighted by molar-refractivity contribution is 0.0599. The van der Waals surface area contributed by atoms with Gasteiger partial charge in [0.15, 0.2) is 5.16 Å². The first-order valence-corrected chi connectivity index (χ1v) is 10.2.